The molecule has 0 N–H and O–H groups in total. The number of hydrogen-bond donors (Lipinski definition) is 0. The molecule has 24 heavy (non-hydrogen) atoms. The molecule has 0 radical (unpaired) electrons. The van der Waals surface area contributed by atoms with Crippen molar-refractivity contribution in [2.75, 3.05) is 0 Å². The van der Waals surface area contributed by atoms with Crippen LogP contribution in [-0.2, 0) is 6.61 Å². The largest absolute Gasteiger partial charge is 0.488 e. The summed E-state index contributed by atoms with van der Waals surface area (Å²) < 4.78 is 16.0. The van der Waals surface area contributed by atoms with E-state index in [0.29, 0.717) is 12.5 Å². The van der Waals surface area contributed by atoms with Crippen molar-refractivity contribution >= 4 is 11.5 Å². The van der Waals surface area contributed by atoms with E-state index in [4.69, 9.17) is 9.47 Å². The number of hydrogen-bond acceptors (Lipinski definition) is 4. The molecule has 0 saturated carbocycles. The third kappa shape index (κ3) is 4.36. The third-order valence-electron chi connectivity index (χ3n) is 3.65. The van der Waals surface area contributed by atoms with Crippen LogP contribution in [0.3, 0.4) is 0 Å². The molecular formula is C20H21NO2S. The van der Waals surface area contributed by atoms with Crippen LogP contribution >= 0.6 is 11.5 Å². The minimum Gasteiger partial charge on any atom is -0.488 e. The molecule has 0 amide bonds. The second-order valence-corrected chi connectivity index (χ2v) is 6.91. The first-order valence-electron chi connectivity index (χ1n) is 8.03. The fraction of sp³-hybridized carbons (Fsp3) is 0.250. The molecule has 1 heterocycles. The molecule has 0 aliphatic carbocycles. The second kappa shape index (κ2) is 7.49. The van der Waals surface area contributed by atoms with Crippen molar-refractivity contribution in [1.29, 1.82) is 0 Å². The van der Waals surface area contributed by atoms with Gasteiger partial charge in [0.25, 0.3) is 0 Å². The predicted octanol–water partition coefficient (Wildman–Crippen LogP) is 5.95. The van der Waals surface area contributed by atoms with Gasteiger partial charge < -0.3 is 9.47 Å². The van der Waals surface area contributed by atoms with Crippen molar-refractivity contribution in [3.8, 4) is 17.2 Å². The van der Waals surface area contributed by atoms with Gasteiger partial charge in [-0.2, -0.15) is 4.37 Å². The van der Waals surface area contributed by atoms with E-state index in [1.807, 2.05) is 49.4 Å². The van der Waals surface area contributed by atoms with Gasteiger partial charge in [-0.15, -0.1) is 0 Å². The molecule has 0 atom stereocenters. The van der Waals surface area contributed by atoms with Gasteiger partial charge in [0.05, 0.1) is 10.6 Å². The zero-order chi connectivity index (χ0) is 16.9. The van der Waals surface area contributed by atoms with Crippen molar-refractivity contribution in [3.63, 3.8) is 0 Å². The lowest BCUT2D eigenvalue weighted by Crippen LogP contribution is -1.93. The number of aromatic nitrogens is 1. The van der Waals surface area contributed by atoms with Crippen molar-refractivity contribution in [2.45, 2.75) is 33.3 Å². The molecule has 3 rings (SSSR count). The molecule has 0 unspecified atom stereocenters. The first kappa shape index (κ1) is 16.5. The molecule has 1 aromatic heterocycles. The molecule has 0 saturated heterocycles. The van der Waals surface area contributed by atoms with Crippen LogP contribution in [0.25, 0.3) is 0 Å². The number of aryl methyl sites for hydroxylation is 1. The maximum absolute atomic E-state index is 5.92. The number of nitrogens with zero attached hydrogens (tertiary/aromatic N) is 1. The zero-order valence-electron chi connectivity index (χ0n) is 14.2. The SMILES string of the molecule is Cc1cc(COc2cccc(Oc3ccc(C(C)C)cc3)c2)sn1. The van der Waals surface area contributed by atoms with Crippen molar-refractivity contribution < 1.29 is 9.47 Å². The molecule has 0 fully saturated rings. The Hall–Kier alpha value is -2.33. The summed E-state index contributed by atoms with van der Waals surface area (Å²) in [6.07, 6.45) is 0. The van der Waals surface area contributed by atoms with Crippen molar-refractivity contribution in [1.82, 2.24) is 4.37 Å². The summed E-state index contributed by atoms with van der Waals surface area (Å²) in [4.78, 5) is 1.11. The lowest BCUT2D eigenvalue weighted by molar-refractivity contribution is 0.308. The van der Waals surface area contributed by atoms with Gasteiger partial charge in [0.2, 0.25) is 0 Å². The molecular weight excluding hydrogens is 318 g/mol. The second-order valence-electron chi connectivity index (χ2n) is 6.02. The highest BCUT2D eigenvalue weighted by Gasteiger charge is 2.04. The molecule has 0 aliphatic rings. The Balaban J connectivity index is 1.64. The smallest absolute Gasteiger partial charge is 0.131 e. The Bertz CT molecular complexity index is 793. The lowest BCUT2D eigenvalue weighted by Gasteiger charge is -2.10. The summed E-state index contributed by atoms with van der Waals surface area (Å²) in [6, 6.07) is 18.0. The minimum absolute atomic E-state index is 0.520. The summed E-state index contributed by atoms with van der Waals surface area (Å²) in [5, 5.41) is 0. The number of benzene rings is 2. The average molecular weight is 339 g/mol. The van der Waals surface area contributed by atoms with Crippen molar-refractivity contribution in [3.05, 3.63) is 70.7 Å². The quantitative estimate of drug-likeness (QED) is 0.556. The summed E-state index contributed by atoms with van der Waals surface area (Å²) in [5.74, 6) is 2.91. The van der Waals surface area contributed by atoms with E-state index < -0.39 is 0 Å². The van der Waals surface area contributed by atoms with Gasteiger partial charge in [0, 0.05) is 6.07 Å². The fourth-order valence-electron chi connectivity index (χ4n) is 2.32. The van der Waals surface area contributed by atoms with Crippen LogP contribution in [0.15, 0.2) is 54.6 Å². The van der Waals surface area contributed by atoms with E-state index in [-0.39, 0.29) is 0 Å². The van der Waals surface area contributed by atoms with Crippen LogP contribution in [0, 0.1) is 6.92 Å². The molecule has 3 aromatic rings. The topological polar surface area (TPSA) is 31.4 Å². The van der Waals surface area contributed by atoms with Crippen LogP contribution in [0.5, 0.6) is 17.2 Å². The van der Waals surface area contributed by atoms with Gasteiger partial charge in [-0.3, -0.25) is 0 Å². The van der Waals surface area contributed by atoms with Gasteiger partial charge in [-0.1, -0.05) is 32.0 Å². The van der Waals surface area contributed by atoms with Crippen LogP contribution in [0.1, 0.15) is 35.9 Å². The van der Waals surface area contributed by atoms with Crippen LogP contribution in [-0.4, -0.2) is 4.37 Å². The highest BCUT2D eigenvalue weighted by atomic mass is 32.1. The molecule has 124 valence electrons. The summed E-state index contributed by atoms with van der Waals surface area (Å²) >= 11 is 1.47. The van der Waals surface area contributed by atoms with Gasteiger partial charge in [-0.05, 0) is 60.3 Å². The van der Waals surface area contributed by atoms with Gasteiger partial charge in [0.1, 0.15) is 23.9 Å². The summed E-state index contributed by atoms with van der Waals surface area (Å²) in [6.45, 7) is 6.87. The van der Waals surface area contributed by atoms with E-state index in [2.05, 4.69) is 30.4 Å². The molecule has 3 nitrogen and oxygen atoms in total. The fourth-order valence-corrected chi connectivity index (χ4v) is 2.97. The summed E-state index contributed by atoms with van der Waals surface area (Å²) in [7, 11) is 0. The maximum Gasteiger partial charge on any atom is 0.131 e. The average Bonchev–Trinajstić information content (AvgIpc) is 2.99. The first-order valence-corrected chi connectivity index (χ1v) is 8.80. The molecule has 0 aliphatic heterocycles. The van der Waals surface area contributed by atoms with Crippen LogP contribution < -0.4 is 9.47 Å². The third-order valence-corrected chi connectivity index (χ3v) is 4.50. The lowest BCUT2D eigenvalue weighted by atomic mass is 10.0. The zero-order valence-corrected chi connectivity index (χ0v) is 15.0. The number of rotatable bonds is 6. The standard InChI is InChI=1S/C20H21NO2S/c1-14(2)16-7-9-17(10-8-16)23-19-6-4-5-18(12-19)22-13-20-11-15(3)21-24-20/h4-12,14H,13H2,1-3H3. The van der Waals surface area contributed by atoms with E-state index in [9.17, 15) is 0 Å². The van der Waals surface area contributed by atoms with Crippen LogP contribution in [0.2, 0.25) is 0 Å². The van der Waals surface area contributed by atoms with Gasteiger partial charge >= 0.3 is 0 Å². The van der Waals surface area contributed by atoms with Crippen molar-refractivity contribution in [2.24, 2.45) is 0 Å². The Labute approximate surface area is 147 Å². The van der Waals surface area contributed by atoms with E-state index in [1.165, 1.54) is 17.1 Å². The predicted molar refractivity (Wildman–Crippen MR) is 98.2 cm³/mol. The normalized spacial score (nSPS) is 10.8. The van der Waals surface area contributed by atoms with E-state index >= 15 is 0 Å². The number of ether oxygens (including phenoxy) is 2. The molecule has 0 spiro atoms. The maximum atomic E-state index is 5.92. The highest BCUT2D eigenvalue weighted by Crippen LogP contribution is 2.27. The monoisotopic (exact) mass is 339 g/mol. The summed E-state index contributed by atoms with van der Waals surface area (Å²) in [5.41, 5.74) is 2.33. The van der Waals surface area contributed by atoms with Gasteiger partial charge in [0.15, 0.2) is 0 Å². The molecule has 2 aromatic carbocycles. The van der Waals surface area contributed by atoms with Crippen LogP contribution in [0.4, 0.5) is 0 Å². The van der Waals surface area contributed by atoms with E-state index in [0.717, 1.165) is 27.8 Å². The first-order chi connectivity index (χ1) is 11.6. The van der Waals surface area contributed by atoms with Gasteiger partial charge in [-0.25, -0.2) is 0 Å². The Kier molecular flexibility index (Phi) is 5.16. The Morgan fingerprint density at radius 1 is 0.958 bits per heavy atom. The Morgan fingerprint density at radius 2 is 1.71 bits per heavy atom. The highest BCUT2D eigenvalue weighted by molar-refractivity contribution is 7.05. The van der Waals surface area contributed by atoms with E-state index in [1.54, 1.807) is 0 Å². The minimum atomic E-state index is 0.520. The molecule has 0 bridgehead atoms. The Morgan fingerprint density at radius 3 is 2.38 bits per heavy atom. The molecule has 4 heteroatoms.